The van der Waals surface area contributed by atoms with Crippen LogP contribution >= 0.6 is 0 Å². The Morgan fingerprint density at radius 1 is 1.33 bits per heavy atom. The minimum absolute atomic E-state index is 0.555. The van der Waals surface area contributed by atoms with Crippen LogP contribution in [0.2, 0.25) is 0 Å². The summed E-state index contributed by atoms with van der Waals surface area (Å²) in [7, 11) is 0. The molecule has 2 rings (SSSR count). The highest BCUT2D eigenvalue weighted by molar-refractivity contribution is 5.55. The summed E-state index contributed by atoms with van der Waals surface area (Å²) in [5.74, 6) is 4.54. The number of rotatable bonds is 5. The molecule has 0 unspecified atom stereocenters. The molecule has 0 aliphatic heterocycles. The van der Waals surface area contributed by atoms with E-state index in [1.165, 1.54) is 0 Å². The van der Waals surface area contributed by atoms with E-state index < -0.39 is 0 Å². The lowest BCUT2D eigenvalue weighted by molar-refractivity contribution is 0.313. The molecule has 0 aliphatic carbocycles. The maximum Gasteiger partial charge on any atom is 0.223 e. The van der Waals surface area contributed by atoms with Crippen molar-refractivity contribution >= 4 is 0 Å². The molecule has 0 aliphatic rings. The number of terminal acetylenes is 1. The van der Waals surface area contributed by atoms with Crippen LogP contribution in [0.15, 0.2) is 28.8 Å². The maximum absolute atomic E-state index is 5.54. The molecule has 0 atom stereocenters. The second-order valence-electron chi connectivity index (χ2n) is 3.82. The fourth-order valence-electron chi connectivity index (χ4n) is 1.48. The molecular formula is C14H14N2O2. The van der Waals surface area contributed by atoms with Gasteiger partial charge in [0.2, 0.25) is 11.7 Å². The topological polar surface area (TPSA) is 48.2 Å². The van der Waals surface area contributed by atoms with Crippen molar-refractivity contribution in [3.63, 3.8) is 0 Å². The molecule has 0 radical (unpaired) electrons. The van der Waals surface area contributed by atoms with Crippen LogP contribution in [-0.4, -0.2) is 16.7 Å². The van der Waals surface area contributed by atoms with Crippen LogP contribution in [0.1, 0.15) is 18.7 Å². The number of hydrogen-bond acceptors (Lipinski definition) is 4. The summed E-state index contributed by atoms with van der Waals surface area (Å²) in [5.41, 5.74) is 0.905. The molecule has 18 heavy (non-hydrogen) atoms. The average molecular weight is 242 g/mol. The lowest BCUT2D eigenvalue weighted by atomic mass is 10.2. The van der Waals surface area contributed by atoms with Gasteiger partial charge in [-0.3, -0.25) is 0 Å². The number of benzene rings is 1. The predicted molar refractivity (Wildman–Crippen MR) is 68.0 cm³/mol. The highest BCUT2D eigenvalue weighted by atomic mass is 16.5. The van der Waals surface area contributed by atoms with Crippen LogP contribution in [0.25, 0.3) is 11.4 Å². The van der Waals surface area contributed by atoms with Gasteiger partial charge in [0.1, 0.15) is 5.75 Å². The van der Waals surface area contributed by atoms with Crippen molar-refractivity contribution in [2.45, 2.75) is 19.8 Å². The van der Waals surface area contributed by atoms with E-state index in [2.05, 4.69) is 16.1 Å². The molecule has 0 saturated carbocycles. The Bertz CT molecular complexity index is 538. The maximum atomic E-state index is 5.54. The summed E-state index contributed by atoms with van der Waals surface area (Å²) in [6.45, 7) is 2.39. The fraction of sp³-hybridized carbons (Fsp3) is 0.286. The van der Waals surface area contributed by atoms with Gasteiger partial charge in [-0.15, -0.1) is 12.3 Å². The van der Waals surface area contributed by atoms with E-state index in [1.54, 1.807) is 6.92 Å². The third-order valence-corrected chi connectivity index (χ3v) is 2.37. The van der Waals surface area contributed by atoms with Gasteiger partial charge in [0.05, 0.1) is 6.61 Å². The number of hydrogen-bond donors (Lipinski definition) is 0. The third-order valence-electron chi connectivity index (χ3n) is 2.37. The Kier molecular flexibility index (Phi) is 3.98. The fourth-order valence-corrected chi connectivity index (χ4v) is 1.48. The standard InChI is InChI=1S/C14H14N2O2/c1-3-4-5-10-17-13-8-6-12(7-9-13)14-15-11(2)18-16-14/h1,6-9H,4-5,10H2,2H3. The van der Waals surface area contributed by atoms with Gasteiger partial charge in [-0.25, -0.2) is 0 Å². The second kappa shape index (κ2) is 5.87. The van der Waals surface area contributed by atoms with Gasteiger partial charge >= 0.3 is 0 Å². The van der Waals surface area contributed by atoms with Crippen molar-refractivity contribution in [3.8, 4) is 29.5 Å². The number of ether oxygens (including phenoxy) is 1. The number of aryl methyl sites for hydroxylation is 1. The van der Waals surface area contributed by atoms with Crippen LogP contribution in [0.5, 0.6) is 5.75 Å². The van der Waals surface area contributed by atoms with E-state index in [0.29, 0.717) is 18.3 Å². The van der Waals surface area contributed by atoms with Gasteiger partial charge in [0.25, 0.3) is 0 Å². The van der Waals surface area contributed by atoms with Crippen LogP contribution in [0.4, 0.5) is 0 Å². The number of aromatic nitrogens is 2. The first-order valence-corrected chi connectivity index (χ1v) is 5.76. The van der Waals surface area contributed by atoms with E-state index in [0.717, 1.165) is 24.2 Å². The van der Waals surface area contributed by atoms with E-state index >= 15 is 0 Å². The first-order chi connectivity index (χ1) is 8.79. The predicted octanol–water partition coefficient (Wildman–Crippen LogP) is 2.84. The van der Waals surface area contributed by atoms with E-state index in [9.17, 15) is 0 Å². The van der Waals surface area contributed by atoms with Crippen molar-refractivity contribution in [1.29, 1.82) is 0 Å². The highest BCUT2D eigenvalue weighted by Crippen LogP contribution is 2.19. The molecule has 0 saturated heterocycles. The first-order valence-electron chi connectivity index (χ1n) is 5.76. The number of nitrogens with zero attached hydrogens (tertiary/aromatic N) is 2. The Morgan fingerprint density at radius 2 is 2.11 bits per heavy atom. The van der Waals surface area contributed by atoms with Gasteiger partial charge in [0, 0.05) is 18.9 Å². The molecular weight excluding hydrogens is 228 g/mol. The molecule has 1 aromatic carbocycles. The van der Waals surface area contributed by atoms with Crippen molar-refractivity contribution in [3.05, 3.63) is 30.2 Å². The first kappa shape index (κ1) is 12.2. The molecule has 0 fully saturated rings. The normalized spacial score (nSPS) is 10.0. The van der Waals surface area contributed by atoms with Gasteiger partial charge in [-0.2, -0.15) is 4.98 Å². The molecule has 1 aromatic heterocycles. The van der Waals surface area contributed by atoms with Crippen LogP contribution in [0.3, 0.4) is 0 Å². The van der Waals surface area contributed by atoms with Crippen LogP contribution < -0.4 is 4.74 Å². The lowest BCUT2D eigenvalue weighted by Gasteiger charge is -2.04. The lowest BCUT2D eigenvalue weighted by Crippen LogP contribution is -1.96. The summed E-state index contributed by atoms with van der Waals surface area (Å²) in [5, 5.41) is 3.85. The molecule has 0 bridgehead atoms. The largest absolute Gasteiger partial charge is 0.494 e. The Labute approximate surface area is 106 Å². The van der Waals surface area contributed by atoms with Crippen molar-refractivity contribution in [2.24, 2.45) is 0 Å². The molecule has 92 valence electrons. The van der Waals surface area contributed by atoms with Crippen molar-refractivity contribution in [1.82, 2.24) is 10.1 Å². The molecule has 0 N–H and O–H groups in total. The van der Waals surface area contributed by atoms with Crippen LogP contribution in [-0.2, 0) is 0 Å². The van der Waals surface area contributed by atoms with Crippen molar-refractivity contribution in [2.75, 3.05) is 6.61 Å². The summed E-state index contributed by atoms with van der Waals surface area (Å²) in [6, 6.07) is 7.58. The molecule has 0 spiro atoms. The quantitative estimate of drug-likeness (QED) is 0.597. The summed E-state index contributed by atoms with van der Waals surface area (Å²) < 4.78 is 10.5. The minimum atomic E-state index is 0.555. The average Bonchev–Trinajstić information content (AvgIpc) is 2.82. The monoisotopic (exact) mass is 242 g/mol. The summed E-state index contributed by atoms with van der Waals surface area (Å²) in [6.07, 6.45) is 6.77. The zero-order valence-corrected chi connectivity index (χ0v) is 10.2. The zero-order chi connectivity index (χ0) is 12.8. The minimum Gasteiger partial charge on any atom is -0.494 e. The van der Waals surface area contributed by atoms with Gasteiger partial charge in [-0.05, 0) is 30.7 Å². The van der Waals surface area contributed by atoms with Gasteiger partial charge in [0.15, 0.2) is 0 Å². The van der Waals surface area contributed by atoms with E-state index in [-0.39, 0.29) is 0 Å². The zero-order valence-electron chi connectivity index (χ0n) is 10.2. The SMILES string of the molecule is C#CCCCOc1ccc(-c2noc(C)n2)cc1. The van der Waals surface area contributed by atoms with Crippen LogP contribution in [0, 0.1) is 19.3 Å². The van der Waals surface area contributed by atoms with Gasteiger partial charge < -0.3 is 9.26 Å². The van der Waals surface area contributed by atoms with E-state index in [4.69, 9.17) is 15.7 Å². The number of unbranched alkanes of at least 4 members (excludes halogenated alkanes) is 1. The van der Waals surface area contributed by atoms with Crippen molar-refractivity contribution < 1.29 is 9.26 Å². The molecule has 0 amide bonds. The Hall–Kier alpha value is -2.28. The molecule has 1 heterocycles. The summed E-state index contributed by atoms with van der Waals surface area (Å²) >= 11 is 0. The molecule has 4 nitrogen and oxygen atoms in total. The molecule has 4 heteroatoms. The van der Waals surface area contributed by atoms with E-state index in [1.807, 2.05) is 24.3 Å². The smallest absolute Gasteiger partial charge is 0.223 e. The second-order valence-corrected chi connectivity index (χ2v) is 3.82. The Balaban J connectivity index is 1.95. The summed E-state index contributed by atoms with van der Waals surface area (Å²) in [4.78, 5) is 4.16. The highest BCUT2D eigenvalue weighted by Gasteiger charge is 2.05. The van der Waals surface area contributed by atoms with Gasteiger partial charge in [-0.1, -0.05) is 5.16 Å². The third kappa shape index (κ3) is 3.11. The Morgan fingerprint density at radius 3 is 2.72 bits per heavy atom. The molecule has 2 aromatic rings.